The molecule has 0 radical (unpaired) electrons. The maximum absolute atomic E-state index is 9.93. The second-order valence-corrected chi connectivity index (χ2v) is 6.72. The van der Waals surface area contributed by atoms with Crippen LogP contribution in [0.5, 0.6) is 0 Å². The van der Waals surface area contributed by atoms with E-state index in [0.717, 1.165) is 18.4 Å². The molecule has 0 aromatic heterocycles. The largest absolute Gasteiger partial charge is 0.391 e. The molecule has 1 aliphatic heterocycles. The van der Waals surface area contributed by atoms with Crippen LogP contribution in [0.2, 0.25) is 0 Å². The fraction of sp³-hybridized carbons (Fsp3) is 1.00. The molecule has 1 saturated carbocycles. The van der Waals surface area contributed by atoms with Crippen molar-refractivity contribution in [2.45, 2.75) is 39.2 Å². The highest BCUT2D eigenvalue weighted by Crippen LogP contribution is 2.44. The molecule has 0 aromatic rings. The minimum Gasteiger partial charge on any atom is -0.391 e. The van der Waals surface area contributed by atoms with E-state index in [1.165, 1.54) is 25.8 Å². The highest BCUT2D eigenvalue weighted by molar-refractivity contribution is 9.09. The third kappa shape index (κ3) is 2.25. The molecular formula is C12H22BrNO. The first-order chi connectivity index (χ1) is 6.97. The average molecular weight is 276 g/mol. The predicted molar refractivity (Wildman–Crippen MR) is 66.3 cm³/mol. The van der Waals surface area contributed by atoms with Crippen LogP contribution >= 0.6 is 15.9 Å². The molecule has 1 saturated heterocycles. The molecule has 15 heavy (non-hydrogen) atoms. The van der Waals surface area contributed by atoms with Crippen molar-refractivity contribution < 1.29 is 5.11 Å². The summed E-state index contributed by atoms with van der Waals surface area (Å²) in [7, 11) is 0. The Balaban J connectivity index is 1.91. The summed E-state index contributed by atoms with van der Waals surface area (Å²) in [6.45, 7) is 7.40. The average Bonchev–Trinajstić information content (AvgIpc) is 2.34. The van der Waals surface area contributed by atoms with Crippen LogP contribution in [0.25, 0.3) is 0 Å². The fourth-order valence-corrected chi connectivity index (χ4v) is 3.58. The standard InChI is InChI=1S/C12H22BrNO/c1-11(2)8-14(6-10(11)15)9-12(7-13)4-3-5-12/h10,15H,3-9H2,1-2H3. The van der Waals surface area contributed by atoms with E-state index in [-0.39, 0.29) is 11.5 Å². The van der Waals surface area contributed by atoms with Gasteiger partial charge in [-0.15, -0.1) is 0 Å². The van der Waals surface area contributed by atoms with E-state index in [9.17, 15) is 5.11 Å². The van der Waals surface area contributed by atoms with Crippen molar-refractivity contribution in [2.24, 2.45) is 10.8 Å². The quantitative estimate of drug-likeness (QED) is 0.799. The molecule has 0 bridgehead atoms. The van der Waals surface area contributed by atoms with Crippen molar-refractivity contribution >= 4 is 15.9 Å². The molecule has 1 atom stereocenters. The van der Waals surface area contributed by atoms with Crippen LogP contribution < -0.4 is 0 Å². The Bertz CT molecular complexity index is 232. The number of aliphatic hydroxyl groups excluding tert-OH is 1. The van der Waals surface area contributed by atoms with Crippen LogP contribution in [0, 0.1) is 10.8 Å². The third-order valence-electron chi connectivity index (χ3n) is 4.22. The summed E-state index contributed by atoms with van der Waals surface area (Å²) in [4.78, 5) is 2.45. The second kappa shape index (κ2) is 4.01. The van der Waals surface area contributed by atoms with Gasteiger partial charge in [0.15, 0.2) is 0 Å². The lowest BCUT2D eigenvalue weighted by molar-refractivity contribution is 0.0885. The Morgan fingerprint density at radius 3 is 2.40 bits per heavy atom. The van der Waals surface area contributed by atoms with E-state index in [1.807, 2.05) is 0 Å². The molecule has 2 fully saturated rings. The van der Waals surface area contributed by atoms with Crippen LogP contribution in [0.15, 0.2) is 0 Å². The van der Waals surface area contributed by atoms with E-state index in [4.69, 9.17) is 0 Å². The summed E-state index contributed by atoms with van der Waals surface area (Å²) in [5.41, 5.74) is 0.595. The molecule has 88 valence electrons. The first-order valence-electron chi connectivity index (χ1n) is 5.94. The number of hydrogen-bond acceptors (Lipinski definition) is 2. The summed E-state index contributed by atoms with van der Waals surface area (Å²) in [5, 5.41) is 11.1. The highest BCUT2D eigenvalue weighted by Gasteiger charge is 2.43. The van der Waals surface area contributed by atoms with Crippen LogP contribution in [0.4, 0.5) is 0 Å². The zero-order chi connectivity index (χ0) is 11.1. The molecule has 1 N–H and O–H groups in total. The molecule has 1 heterocycles. The number of alkyl halides is 1. The monoisotopic (exact) mass is 275 g/mol. The molecule has 1 unspecified atom stereocenters. The lowest BCUT2D eigenvalue weighted by atomic mass is 9.70. The van der Waals surface area contributed by atoms with Crippen LogP contribution in [0.3, 0.4) is 0 Å². The molecule has 0 amide bonds. The Kier molecular flexibility index (Phi) is 3.17. The van der Waals surface area contributed by atoms with E-state index in [0.29, 0.717) is 5.41 Å². The van der Waals surface area contributed by atoms with Gasteiger partial charge in [0.25, 0.3) is 0 Å². The molecule has 2 nitrogen and oxygen atoms in total. The fourth-order valence-electron chi connectivity index (χ4n) is 2.84. The van der Waals surface area contributed by atoms with Crippen LogP contribution in [-0.2, 0) is 0 Å². The lowest BCUT2D eigenvalue weighted by Gasteiger charge is -2.43. The van der Waals surface area contributed by atoms with Crippen molar-refractivity contribution in [3.63, 3.8) is 0 Å². The van der Waals surface area contributed by atoms with Crippen LogP contribution in [0.1, 0.15) is 33.1 Å². The first kappa shape index (κ1) is 11.9. The SMILES string of the molecule is CC1(C)CN(CC2(CBr)CCC2)CC1O. The predicted octanol–water partition coefficient (Wildman–Crippen LogP) is 2.25. The molecule has 3 heteroatoms. The number of β-amino-alcohol motifs (C(OH)–C–C–N with tert-alkyl or cyclic N) is 1. The number of nitrogens with zero attached hydrogens (tertiary/aromatic N) is 1. The van der Waals surface area contributed by atoms with Gasteiger partial charge < -0.3 is 5.11 Å². The number of aliphatic hydroxyl groups is 1. The van der Waals surface area contributed by atoms with Gasteiger partial charge in [0.05, 0.1) is 6.10 Å². The first-order valence-corrected chi connectivity index (χ1v) is 7.06. The number of likely N-dealkylation sites (tertiary alicyclic amines) is 1. The molecule has 2 aliphatic rings. The summed E-state index contributed by atoms with van der Waals surface area (Å²) in [5.74, 6) is 0. The Labute approximate surface area is 101 Å². The van der Waals surface area contributed by atoms with Gasteiger partial charge in [-0.2, -0.15) is 0 Å². The Morgan fingerprint density at radius 1 is 1.40 bits per heavy atom. The van der Waals surface area contributed by atoms with E-state index in [1.54, 1.807) is 0 Å². The third-order valence-corrected chi connectivity index (χ3v) is 5.41. The Morgan fingerprint density at radius 2 is 2.07 bits per heavy atom. The van der Waals surface area contributed by atoms with Gasteiger partial charge in [-0.3, -0.25) is 4.90 Å². The van der Waals surface area contributed by atoms with Crippen molar-refractivity contribution in [1.29, 1.82) is 0 Å². The van der Waals surface area contributed by atoms with Gasteiger partial charge in [-0.1, -0.05) is 36.2 Å². The van der Waals surface area contributed by atoms with Crippen molar-refractivity contribution in [3.05, 3.63) is 0 Å². The van der Waals surface area contributed by atoms with E-state index >= 15 is 0 Å². The van der Waals surface area contributed by atoms with Gasteiger partial charge in [0.1, 0.15) is 0 Å². The molecule has 2 rings (SSSR count). The number of rotatable bonds is 3. The highest BCUT2D eigenvalue weighted by atomic mass is 79.9. The van der Waals surface area contributed by atoms with E-state index < -0.39 is 0 Å². The van der Waals surface area contributed by atoms with Crippen molar-refractivity contribution in [2.75, 3.05) is 25.0 Å². The minimum atomic E-state index is -0.148. The molecule has 0 aromatic carbocycles. The van der Waals surface area contributed by atoms with Crippen LogP contribution in [-0.4, -0.2) is 41.1 Å². The van der Waals surface area contributed by atoms with Gasteiger partial charge in [-0.25, -0.2) is 0 Å². The van der Waals surface area contributed by atoms with Gasteiger partial charge in [-0.05, 0) is 18.3 Å². The lowest BCUT2D eigenvalue weighted by Crippen LogP contribution is -2.43. The van der Waals surface area contributed by atoms with Gasteiger partial charge >= 0.3 is 0 Å². The smallest absolute Gasteiger partial charge is 0.0730 e. The molecule has 0 spiro atoms. The summed E-state index contributed by atoms with van der Waals surface area (Å²) < 4.78 is 0. The number of halogens is 1. The summed E-state index contributed by atoms with van der Waals surface area (Å²) >= 11 is 3.65. The summed E-state index contributed by atoms with van der Waals surface area (Å²) in [6.07, 6.45) is 3.94. The normalized spacial score (nSPS) is 34.0. The zero-order valence-electron chi connectivity index (χ0n) is 9.80. The maximum Gasteiger partial charge on any atom is 0.0730 e. The van der Waals surface area contributed by atoms with Gasteiger partial charge in [0, 0.05) is 30.4 Å². The Hall–Kier alpha value is 0.400. The molecular weight excluding hydrogens is 254 g/mol. The minimum absolute atomic E-state index is 0.0806. The van der Waals surface area contributed by atoms with Gasteiger partial charge in [0.2, 0.25) is 0 Å². The summed E-state index contributed by atoms with van der Waals surface area (Å²) in [6, 6.07) is 0. The second-order valence-electron chi connectivity index (χ2n) is 6.16. The van der Waals surface area contributed by atoms with Crippen molar-refractivity contribution in [1.82, 2.24) is 4.90 Å². The number of hydrogen-bond donors (Lipinski definition) is 1. The van der Waals surface area contributed by atoms with Crippen molar-refractivity contribution in [3.8, 4) is 0 Å². The zero-order valence-corrected chi connectivity index (χ0v) is 11.4. The topological polar surface area (TPSA) is 23.5 Å². The molecule has 1 aliphatic carbocycles. The maximum atomic E-state index is 9.93. The van der Waals surface area contributed by atoms with E-state index in [2.05, 4.69) is 34.7 Å².